The van der Waals surface area contributed by atoms with E-state index in [1.807, 2.05) is 17.0 Å². The molecule has 2 heterocycles. The Labute approximate surface area is 103 Å². The summed E-state index contributed by atoms with van der Waals surface area (Å²) >= 11 is 0. The van der Waals surface area contributed by atoms with E-state index in [1.54, 1.807) is 6.20 Å². The molecule has 17 heavy (non-hydrogen) atoms. The topological polar surface area (TPSA) is 39.3 Å². The molecule has 1 atom stereocenters. The van der Waals surface area contributed by atoms with Gasteiger partial charge >= 0.3 is 0 Å². The molecule has 2 rings (SSSR count). The van der Waals surface area contributed by atoms with Gasteiger partial charge in [0.25, 0.3) is 5.91 Å². The Balaban J connectivity index is 1.97. The Hall–Kier alpha value is -1.29. The van der Waals surface area contributed by atoms with Gasteiger partial charge in [-0.3, -0.25) is 4.79 Å². The lowest BCUT2D eigenvalue weighted by molar-refractivity contribution is 0.0753. The monoisotopic (exact) mass is 235 g/mol. The maximum absolute atomic E-state index is 12.2. The van der Waals surface area contributed by atoms with Crippen LogP contribution in [0.4, 0.5) is 0 Å². The van der Waals surface area contributed by atoms with Crippen LogP contribution in [-0.4, -0.2) is 53.9 Å². The van der Waals surface area contributed by atoms with Gasteiger partial charge in [0.2, 0.25) is 0 Å². The van der Waals surface area contributed by atoms with Crippen LogP contribution >= 0.6 is 0 Å². The highest BCUT2D eigenvalue weighted by Crippen LogP contribution is 2.16. The number of carbonyl (C=O) groups is 1. The number of hydrogen-bond donors (Lipinski definition) is 1. The number of H-pyrrole nitrogens is 1. The molecule has 0 aromatic carbocycles. The molecule has 1 aromatic heterocycles. The third-order valence-electron chi connectivity index (χ3n) is 3.54. The average Bonchev–Trinajstić information content (AvgIpc) is 2.71. The zero-order chi connectivity index (χ0) is 12.3. The molecule has 1 aromatic rings. The molecule has 0 spiro atoms. The molecule has 4 heteroatoms. The van der Waals surface area contributed by atoms with Gasteiger partial charge in [-0.05, 0) is 45.5 Å². The van der Waals surface area contributed by atoms with Gasteiger partial charge in [0.05, 0.1) is 0 Å². The van der Waals surface area contributed by atoms with Gasteiger partial charge in [0.1, 0.15) is 5.69 Å². The fraction of sp³-hybridized carbons (Fsp3) is 0.615. The van der Waals surface area contributed by atoms with Gasteiger partial charge in [-0.25, -0.2) is 0 Å². The van der Waals surface area contributed by atoms with Gasteiger partial charge in [-0.1, -0.05) is 0 Å². The number of nitrogens with zero attached hydrogens (tertiary/aromatic N) is 2. The summed E-state index contributed by atoms with van der Waals surface area (Å²) in [4.78, 5) is 19.4. The Morgan fingerprint density at radius 3 is 2.88 bits per heavy atom. The van der Waals surface area contributed by atoms with E-state index in [0.717, 1.165) is 25.9 Å². The van der Waals surface area contributed by atoms with E-state index in [4.69, 9.17) is 0 Å². The molecular formula is C13H21N3O. The van der Waals surface area contributed by atoms with Crippen molar-refractivity contribution >= 4 is 5.91 Å². The fourth-order valence-electron chi connectivity index (χ4n) is 2.43. The zero-order valence-electron chi connectivity index (χ0n) is 10.6. The number of nitrogens with one attached hydrogen (secondary N) is 1. The lowest BCUT2D eigenvalue weighted by atomic mass is 10.1. The number of aromatic amines is 1. The number of rotatable bonds is 2. The summed E-state index contributed by atoms with van der Waals surface area (Å²) in [6.07, 6.45) is 5.14. The van der Waals surface area contributed by atoms with Crippen LogP contribution in [0.15, 0.2) is 18.3 Å². The molecule has 0 radical (unpaired) electrons. The van der Waals surface area contributed by atoms with Gasteiger partial charge in [0, 0.05) is 25.3 Å². The van der Waals surface area contributed by atoms with E-state index in [0.29, 0.717) is 11.7 Å². The molecule has 1 unspecified atom stereocenters. The highest BCUT2D eigenvalue weighted by Gasteiger charge is 2.22. The van der Waals surface area contributed by atoms with Crippen molar-refractivity contribution in [3.63, 3.8) is 0 Å². The maximum Gasteiger partial charge on any atom is 0.270 e. The number of carbonyl (C=O) groups excluding carboxylic acids is 1. The van der Waals surface area contributed by atoms with E-state index >= 15 is 0 Å². The maximum atomic E-state index is 12.2. The molecule has 1 N–H and O–H groups in total. The first-order valence-electron chi connectivity index (χ1n) is 6.27. The highest BCUT2D eigenvalue weighted by molar-refractivity contribution is 5.92. The SMILES string of the molecule is CN(C)C1CCCN(C(=O)c2ccc[nH]2)CC1. The van der Waals surface area contributed by atoms with Crippen LogP contribution in [0.3, 0.4) is 0 Å². The predicted molar refractivity (Wildman–Crippen MR) is 68.0 cm³/mol. The van der Waals surface area contributed by atoms with Crippen LogP contribution in [0, 0.1) is 0 Å². The second kappa shape index (κ2) is 5.36. The Bertz CT molecular complexity index is 359. The summed E-state index contributed by atoms with van der Waals surface area (Å²) in [5, 5.41) is 0. The third kappa shape index (κ3) is 2.88. The Morgan fingerprint density at radius 1 is 1.41 bits per heavy atom. The molecule has 4 nitrogen and oxygen atoms in total. The molecule has 0 saturated carbocycles. The summed E-state index contributed by atoms with van der Waals surface area (Å²) in [6.45, 7) is 1.74. The fourth-order valence-corrected chi connectivity index (χ4v) is 2.43. The largest absolute Gasteiger partial charge is 0.357 e. The standard InChI is InChI=1S/C13H21N3O/c1-15(2)11-5-4-9-16(10-7-11)13(17)12-6-3-8-14-12/h3,6,8,11,14H,4-5,7,9-10H2,1-2H3. The minimum atomic E-state index is 0.134. The first-order chi connectivity index (χ1) is 8.18. The lowest BCUT2D eigenvalue weighted by Crippen LogP contribution is -2.33. The van der Waals surface area contributed by atoms with E-state index in [1.165, 1.54) is 6.42 Å². The minimum Gasteiger partial charge on any atom is -0.357 e. The van der Waals surface area contributed by atoms with Crippen LogP contribution in [0.2, 0.25) is 0 Å². The van der Waals surface area contributed by atoms with E-state index < -0.39 is 0 Å². The summed E-state index contributed by atoms with van der Waals surface area (Å²) < 4.78 is 0. The molecule has 1 aliphatic heterocycles. The van der Waals surface area contributed by atoms with Crippen molar-refractivity contribution in [2.75, 3.05) is 27.2 Å². The molecular weight excluding hydrogens is 214 g/mol. The number of amides is 1. The van der Waals surface area contributed by atoms with Crippen LogP contribution in [0.1, 0.15) is 29.8 Å². The molecule has 1 fully saturated rings. The number of aromatic nitrogens is 1. The van der Waals surface area contributed by atoms with Crippen LogP contribution in [0.25, 0.3) is 0 Å². The molecule has 94 valence electrons. The third-order valence-corrected chi connectivity index (χ3v) is 3.54. The van der Waals surface area contributed by atoms with E-state index in [9.17, 15) is 4.79 Å². The number of hydrogen-bond acceptors (Lipinski definition) is 2. The number of likely N-dealkylation sites (tertiary alicyclic amines) is 1. The van der Waals surface area contributed by atoms with Gasteiger partial charge in [-0.2, -0.15) is 0 Å². The second-order valence-electron chi connectivity index (χ2n) is 4.92. The summed E-state index contributed by atoms with van der Waals surface area (Å²) in [5.41, 5.74) is 0.702. The smallest absolute Gasteiger partial charge is 0.270 e. The van der Waals surface area contributed by atoms with Gasteiger partial charge in [-0.15, -0.1) is 0 Å². The van der Waals surface area contributed by atoms with Crippen molar-refractivity contribution in [2.24, 2.45) is 0 Å². The normalized spacial score (nSPS) is 21.6. The van der Waals surface area contributed by atoms with Crippen molar-refractivity contribution in [1.29, 1.82) is 0 Å². The second-order valence-corrected chi connectivity index (χ2v) is 4.92. The van der Waals surface area contributed by atoms with Crippen molar-refractivity contribution in [1.82, 2.24) is 14.8 Å². The van der Waals surface area contributed by atoms with Gasteiger partial charge in [0.15, 0.2) is 0 Å². The van der Waals surface area contributed by atoms with Crippen LogP contribution < -0.4 is 0 Å². The Morgan fingerprint density at radius 2 is 2.24 bits per heavy atom. The molecule has 1 aliphatic rings. The highest BCUT2D eigenvalue weighted by atomic mass is 16.2. The first-order valence-corrected chi connectivity index (χ1v) is 6.27. The van der Waals surface area contributed by atoms with Gasteiger partial charge < -0.3 is 14.8 Å². The minimum absolute atomic E-state index is 0.134. The molecule has 1 saturated heterocycles. The molecule has 1 amide bonds. The summed E-state index contributed by atoms with van der Waals surface area (Å²) in [5.74, 6) is 0.134. The summed E-state index contributed by atoms with van der Waals surface area (Å²) in [6, 6.07) is 4.32. The van der Waals surface area contributed by atoms with Crippen molar-refractivity contribution < 1.29 is 4.79 Å². The van der Waals surface area contributed by atoms with Crippen molar-refractivity contribution in [3.8, 4) is 0 Å². The average molecular weight is 235 g/mol. The zero-order valence-corrected chi connectivity index (χ0v) is 10.6. The molecule has 0 bridgehead atoms. The first kappa shape index (κ1) is 12.2. The molecule has 0 aliphatic carbocycles. The quantitative estimate of drug-likeness (QED) is 0.845. The lowest BCUT2D eigenvalue weighted by Gasteiger charge is -2.23. The van der Waals surface area contributed by atoms with Crippen molar-refractivity contribution in [3.05, 3.63) is 24.0 Å². The summed E-state index contributed by atoms with van der Waals surface area (Å²) in [7, 11) is 4.24. The Kier molecular flexibility index (Phi) is 3.84. The van der Waals surface area contributed by atoms with Crippen molar-refractivity contribution in [2.45, 2.75) is 25.3 Å². The van der Waals surface area contributed by atoms with Crippen LogP contribution in [0.5, 0.6) is 0 Å². The van der Waals surface area contributed by atoms with E-state index in [2.05, 4.69) is 24.0 Å². The van der Waals surface area contributed by atoms with Crippen LogP contribution in [-0.2, 0) is 0 Å². The predicted octanol–water partition coefficient (Wildman–Crippen LogP) is 1.57. The van der Waals surface area contributed by atoms with E-state index in [-0.39, 0.29) is 5.91 Å².